The fourth-order valence-corrected chi connectivity index (χ4v) is 6.55. The predicted octanol–water partition coefficient (Wildman–Crippen LogP) is 9.24. The average molecular weight is 641 g/mol. The third-order valence-electron chi connectivity index (χ3n) is 9.32. The van der Waals surface area contributed by atoms with Crippen LogP contribution in [0.1, 0.15) is 73.8 Å². The highest BCUT2D eigenvalue weighted by Crippen LogP contribution is 2.33. The lowest BCUT2D eigenvalue weighted by Crippen LogP contribution is -2.43. The van der Waals surface area contributed by atoms with Crippen LogP contribution in [0.5, 0.6) is 11.5 Å². The number of esters is 1. The Labute approximate surface area is 283 Å². The zero-order chi connectivity index (χ0) is 33.7. The van der Waals surface area contributed by atoms with Crippen molar-refractivity contribution in [3.05, 3.63) is 126 Å². The Morgan fingerprint density at radius 2 is 1.50 bits per heavy atom. The lowest BCUT2D eigenvalue weighted by molar-refractivity contribution is -0.142. The quantitative estimate of drug-likeness (QED) is 0.154. The molecule has 1 aliphatic carbocycles. The van der Waals surface area contributed by atoms with E-state index in [4.69, 9.17) is 14.5 Å². The number of methoxy groups -OCH3 is 1. The lowest BCUT2D eigenvalue weighted by Gasteiger charge is -2.19. The Morgan fingerprint density at radius 1 is 0.833 bits per heavy atom. The molecular weight excluding hydrogens is 596 g/mol. The number of pyridine rings is 1. The van der Waals surface area contributed by atoms with Crippen LogP contribution >= 0.6 is 0 Å². The maximum atomic E-state index is 13.7. The number of hydrogen-bond acceptors (Lipinski definition) is 5. The van der Waals surface area contributed by atoms with Gasteiger partial charge in [-0.15, -0.1) is 0 Å². The van der Waals surface area contributed by atoms with E-state index < -0.39 is 17.9 Å². The van der Waals surface area contributed by atoms with E-state index in [1.807, 2.05) is 72.8 Å². The summed E-state index contributed by atoms with van der Waals surface area (Å²) < 4.78 is 11.4. The molecule has 1 saturated carbocycles. The van der Waals surface area contributed by atoms with Gasteiger partial charge in [-0.25, -0.2) is 9.78 Å². The van der Waals surface area contributed by atoms with E-state index in [0.717, 1.165) is 63.9 Å². The number of carbonyl (C=O) groups excluding carboxylic acids is 2. The maximum absolute atomic E-state index is 13.7. The number of aromatic nitrogens is 1. The van der Waals surface area contributed by atoms with Gasteiger partial charge in [-0.1, -0.05) is 119 Å². The van der Waals surface area contributed by atoms with Gasteiger partial charge in [0.15, 0.2) is 0 Å². The van der Waals surface area contributed by atoms with Crippen LogP contribution in [-0.2, 0) is 27.8 Å². The van der Waals surface area contributed by atoms with Gasteiger partial charge in [-0.3, -0.25) is 4.79 Å². The second-order valence-electron chi connectivity index (χ2n) is 13.9. The summed E-state index contributed by atoms with van der Waals surface area (Å²) in [5, 5.41) is 4.81. The van der Waals surface area contributed by atoms with Crippen LogP contribution in [0.3, 0.4) is 0 Å². The zero-order valence-electron chi connectivity index (χ0n) is 28.3. The molecule has 6 heteroatoms. The van der Waals surface area contributed by atoms with Crippen LogP contribution in [0.2, 0.25) is 0 Å². The van der Waals surface area contributed by atoms with E-state index in [9.17, 15) is 9.59 Å². The minimum absolute atomic E-state index is 0.0668. The summed E-state index contributed by atoms with van der Waals surface area (Å²) in [6, 6.07) is 33.2. The fourth-order valence-electron chi connectivity index (χ4n) is 6.55. The average Bonchev–Trinajstić information content (AvgIpc) is 3.61. The number of amides is 1. The van der Waals surface area contributed by atoms with Gasteiger partial charge in [0.25, 0.3) is 5.91 Å². The molecule has 5 aromatic rings. The van der Waals surface area contributed by atoms with Crippen molar-refractivity contribution in [3.63, 3.8) is 0 Å². The first-order chi connectivity index (χ1) is 23.2. The van der Waals surface area contributed by atoms with Gasteiger partial charge < -0.3 is 14.8 Å². The van der Waals surface area contributed by atoms with E-state index in [1.165, 1.54) is 25.5 Å². The number of benzene rings is 4. The molecule has 1 aliphatic rings. The number of rotatable bonds is 10. The van der Waals surface area contributed by atoms with Gasteiger partial charge in [0.1, 0.15) is 23.2 Å². The van der Waals surface area contributed by atoms with Gasteiger partial charge >= 0.3 is 5.97 Å². The van der Waals surface area contributed by atoms with Gasteiger partial charge in [0, 0.05) is 17.5 Å². The molecular formula is C42H44N2O4. The van der Waals surface area contributed by atoms with Crippen molar-refractivity contribution in [1.82, 2.24) is 10.3 Å². The first kappa shape index (κ1) is 33.0. The summed E-state index contributed by atoms with van der Waals surface area (Å²) in [6.07, 6.45) is 5.83. The van der Waals surface area contributed by atoms with E-state index in [1.54, 1.807) is 6.07 Å². The smallest absolute Gasteiger partial charge is 0.328 e. The molecule has 0 spiro atoms. The van der Waals surface area contributed by atoms with Crippen molar-refractivity contribution < 1.29 is 19.1 Å². The largest absolute Gasteiger partial charge is 0.467 e. The molecule has 1 heterocycles. The van der Waals surface area contributed by atoms with E-state index in [-0.39, 0.29) is 11.1 Å². The molecule has 0 bridgehead atoms. The Balaban J connectivity index is 1.24. The molecule has 1 amide bonds. The third kappa shape index (κ3) is 7.93. The number of nitrogens with one attached hydrogen (secondary N) is 1. The number of nitrogens with zero attached hydrogens (tertiary/aromatic N) is 1. The molecule has 48 heavy (non-hydrogen) atoms. The van der Waals surface area contributed by atoms with Crippen molar-refractivity contribution in [2.24, 2.45) is 5.92 Å². The SMILES string of the molecule is COC(=O)C(Cc1ccc(-c2ccccc2)cc1)NC(=O)c1cc2ccc(Oc3ccc(C(C)(C)C)cc3)cc2c(CC2CCCC2)n1. The van der Waals surface area contributed by atoms with E-state index in [2.05, 4.69) is 50.4 Å². The minimum Gasteiger partial charge on any atom is -0.467 e. The summed E-state index contributed by atoms with van der Waals surface area (Å²) in [4.78, 5) is 31.5. The zero-order valence-corrected chi connectivity index (χ0v) is 28.3. The van der Waals surface area contributed by atoms with Crippen LogP contribution in [0, 0.1) is 5.92 Å². The molecule has 1 unspecified atom stereocenters. The van der Waals surface area contributed by atoms with E-state index >= 15 is 0 Å². The highest BCUT2D eigenvalue weighted by atomic mass is 16.5. The number of carbonyl (C=O) groups is 2. The number of fused-ring (bicyclic) bond motifs is 1. The minimum atomic E-state index is -0.860. The second-order valence-corrected chi connectivity index (χ2v) is 13.9. The summed E-state index contributed by atoms with van der Waals surface area (Å²) >= 11 is 0. The van der Waals surface area contributed by atoms with Crippen molar-refractivity contribution in [3.8, 4) is 22.6 Å². The molecule has 0 radical (unpaired) electrons. The summed E-state index contributed by atoms with van der Waals surface area (Å²) in [6.45, 7) is 6.58. The molecule has 6 nitrogen and oxygen atoms in total. The van der Waals surface area contributed by atoms with Crippen molar-refractivity contribution >= 4 is 22.6 Å². The molecule has 1 atom stereocenters. The van der Waals surface area contributed by atoms with Gasteiger partial charge in [-0.05, 0) is 75.7 Å². The van der Waals surface area contributed by atoms with Crippen LogP contribution in [0.4, 0.5) is 0 Å². The normalized spacial score (nSPS) is 14.1. The second kappa shape index (κ2) is 14.4. The Morgan fingerprint density at radius 3 is 2.17 bits per heavy atom. The summed E-state index contributed by atoms with van der Waals surface area (Å²) in [7, 11) is 1.34. The lowest BCUT2D eigenvalue weighted by atomic mass is 9.87. The monoisotopic (exact) mass is 640 g/mol. The van der Waals surface area contributed by atoms with Gasteiger partial charge in [0.2, 0.25) is 0 Å². The van der Waals surface area contributed by atoms with Crippen molar-refractivity contribution in [2.75, 3.05) is 7.11 Å². The number of ether oxygens (including phenoxy) is 2. The molecule has 6 rings (SSSR count). The fraction of sp³-hybridized carbons (Fsp3) is 0.310. The topological polar surface area (TPSA) is 77.5 Å². The summed E-state index contributed by atoms with van der Waals surface area (Å²) in [5.41, 5.74) is 5.60. The first-order valence-corrected chi connectivity index (χ1v) is 16.9. The predicted molar refractivity (Wildman–Crippen MR) is 191 cm³/mol. The van der Waals surface area contributed by atoms with Crippen LogP contribution in [0.25, 0.3) is 21.9 Å². The van der Waals surface area contributed by atoms with Crippen molar-refractivity contribution in [1.29, 1.82) is 0 Å². The number of hydrogen-bond donors (Lipinski definition) is 1. The van der Waals surface area contributed by atoms with Gasteiger partial charge in [0.05, 0.1) is 7.11 Å². The highest BCUT2D eigenvalue weighted by molar-refractivity contribution is 5.99. The van der Waals surface area contributed by atoms with Crippen LogP contribution in [-0.4, -0.2) is 30.0 Å². The van der Waals surface area contributed by atoms with Crippen LogP contribution in [0.15, 0.2) is 103 Å². The van der Waals surface area contributed by atoms with Gasteiger partial charge in [-0.2, -0.15) is 0 Å². The molecule has 1 aromatic heterocycles. The van der Waals surface area contributed by atoms with Crippen LogP contribution < -0.4 is 10.1 Å². The molecule has 0 saturated heterocycles. The van der Waals surface area contributed by atoms with Crippen molar-refractivity contribution in [2.45, 2.75) is 70.8 Å². The first-order valence-electron chi connectivity index (χ1n) is 16.9. The molecule has 0 aliphatic heterocycles. The third-order valence-corrected chi connectivity index (χ3v) is 9.32. The molecule has 1 fully saturated rings. The Kier molecular flexibility index (Phi) is 9.90. The highest BCUT2D eigenvalue weighted by Gasteiger charge is 2.25. The standard InChI is InChI=1S/C42H44N2O4/c1-42(2,3)33-19-22-34(23-20-33)48-35-21-18-32-26-38(43-37(36(32)27-35)24-28-10-8-9-11-28)40(45)44-39(41(46)47-4)25-29-14-16-31(17-15-29)30-12-6-5-7-13-30/h5-7,12-23,26-28,39H,8-11,24-25H2,1-4H3,(H,44,45). The molecule has 4 aromatic carbocycles. The summed E-state index contributed by atoms with van der Waals surface area (Å²) in [5.74, 6) is 1.11. The Hall–Kier alpha value is -4.97. The van der Waals surface area contributed by atoms with E-state index in [0.29, 0.717) is 12.3 Å². The maximum Gasteiger partial charge on any atom is 0.328 e. The molecule has 246 valence electrons. The Bertz CT molecular complexity index is 1870. The molecule has 1 N–H and O–H groups in total.